The fourth-order valence-corrected chi connectivity index (χ4v) is 2.01. The Labute approximate surface area is 92.4 Å². The van der Waals surface area contributed by atoms with Gasteiger partial charge in [-0.1, -0.05) is 6.07 Å². The van der Waals surface area contributed by atoms with Crippen LogP contribution in [0.3, 0.4) is 0 Å². The van der Waals surface area contributed by atoms with Gasteiger partial charge in [0.15, 0.2) is 0 Å². The van der Waals surface area contributed by atoms with Gasteiger partial charge in [0.1, 0.15) is 5.82 Å². The highest BCUT2D eigenvalue weighted by Crippen LogP contribution is 2.22. The van der Waals surface area contributed by atoms with Crippen molar-refractivity contribution in [2.75, 3.05) is 0 Å². The van der Waals surface area contributed by atoms with E-state index in [2.05, 4.69) is 4.98 Å². The third-order valence-corrected chi connectivity index (χ3v) is 3.03. The molecule has 0 bridgehead atoms. The molecule has 0 saturated carbocycles. The Balaban J connectivity index is 1.96. The SMILES string of the molecule is Fc1ccc(SCc2cccnc2)cc1. The summed E-state index contributed by atoms with van der Waals surface area (Å²) in [7, 11) is 0. The van der Waals surface area contributed by atoms with E-state index in [1.54, 1.807) is 30.1 Å². The number of thioether (sulfide) groups is 1. The van der Waals surface area contributed by atoms with E-state index in [-0.39, 0.29) is 5.82 Å². The van der Waals surface area contributed by atoms with Gasteiger partial charge in [0.05, 0.1) is 0 Å². The van der Waals surface area contributed by atoms with Crippen LogP contribution in [-0.2, 0) is 5.75 Å². The minimum atomic E-state index is -0.194. The molecule has 1 aromatic heterocycles. The molecule has 15 heavy (non-hydrogen) atoms. The summed E-state index contributed by atoms with van der Waals surface area (Å²) in [6.45, 7) is 0. The van der Waals surface area contributed by atoms with E-state index in [9.17, 15) is 4.39 Å². The number of hydrogen-bond donors (Lipinski definition) is 0. The quantitative estimate of drug-likeness (QED) is 0.733. The van der Waals surface area contributed by atoms with Crippen molar-refractivity contribution in [3.8, 4) is 0 Å². The number of rotatable bonds is 3. The second-order valence-electron chi connectivity index (χ2n) is 3.10. The maximum Gasteiger partial charge on any atom is 0.123 e. The molecule has 0 radical (unpaired) electrons. The van der Waals surface area contributed by atoms with Crippen LogP contribution in [0.15, 0.2) is 53.7 Å². The molecule has 0 saturated heterocycles. The summed E-state index contributed by atoms with van der Waals surface area (Å²) in [4.78, 5) is 5.11. The van der Waals surface area contributed by atoms with Crippen molar-refractivity contribution >= 4 is 11.8 Å². The zero-order valence-electron chi connectivity index (χ0n) is 8.06. The van der Waals surface area contributed by atoms with Crippen LogP contribution in [0, 0.1) is 5.82 Å². The Morgan fingerprint density at radius 2 is 1.93 bits per heavy atom. The van der Waals surface area contributed by atoms with Crippen molar-refractivity contribution in [3.05, 3.63) is 60.2 Å². The van der Waals surface area contributed by atoms with E-state index in [1.165, 1.54) is 17.7 Å². The maximum absolute atomic E-state index is 12.6. The van der Waals surface area contributed by atoms with Crippen LogP contribution in [0.4, 0.5) is 4.39 Å². The monoisotopic (exact) mass is 219 g/mol. The van der Waals surface area contributed by atoms with Crippen LogP contribution in [-0.4, -0.2) is 4.98 Å². The highest BCUT2D eigenvalue weighted by atomic mass is 32.2. The molecule has 1 aromatic carbocycles. The Kier molecular flexibility index (Phi) is 3.35. The van der Waals surface area contributed by atoms with E-state index in [0.29, 0.717) is 0 Å². The van der Waals surface area contributed by atoms with Crippen LogP contribution < -0.4 is 0 Å². The van der Waals surface area contributed by atoms with Gasteiger partial charge < -0.3 is 0 Å². The van der Waals surface area contributed by atoms with Gasteiger partial charge in [0, 0.05) is 23.0 Å². The second kappa shape index (κ2) is 4.94. The minimum absolute atomic E-state index is 0.194. The fraction of sp³-hybridized carbons (Fsp3) is 0.0833. The summed E-state index contributed by atoms with van der Waals surface area (Å²) in [5.41, 5.74) is 1.17. The number of benzene rings is 1. The Hall–Kier alpha value is -1.35. The van der Waals surface area contributed by atoms with Crippen molar-refractivity contribution in [3.63, 3.8) is 0 Å². The standard InChI is InChI=1S/C12H10FNS/c13-11-3-5-12(6-4-11)15-9-10-2-1-7-14-8-10/h1-8H,9H2. The predicted molar refractivity (Wildman–Crippen MR) is 60.2 cm³/mol. The lowest BCUT2D eigenvalue weighted by molar-refractivity contribution is 0.626. The normalized spacial score (nSPS) is 10.2. The highest BCUT2D eigenvalue weighted by molar-refractivity contribution is 7.98. The number of aromatic nitrogens is 1. The molecule has 1 heterocycles. The topological polar surface area (TPSA) is 12.9 Å². The van der Waals surface area contributed by atoms with Gasteiger partial charge in [-0.05, 0) is 35.9 Å². The Bertz CT molecular complexity index is 413. The van der Waals surface area contributed by atoms with Crippen molar-refractivity contribution in [1.82, 2.24) is 4.98 Å². The summed E-state index contributed by atoms with van der Waals surface area (Å²) < 4.78 is 12.6. The fourth-order valence-electron chi connectivity index (χ4n) is 1.18. The van der Waals surface area contributed by atoms with Crippen LogP contribution in [0.5, 0.6) is 0 Å². The molecular weight excluding hydrogens is 209 g/mol. The molecule has 76 valence electrons. The average Bonchev–Trinajstić information content (AvgIpc) is 2.30. The highest BCUT2D eigenvalue weighted by Gasteiger charge is 1.96. The number of halogens is 1. The van der Waals surface area contributed by atoms with E-state index >= 15 is 0 Å². The van der Waals surface area contributed by atoms with Gasteiger partial charge in [-0.25, -0.2) is 4.39 Å². The molecule has 0 aliphatic rings. The molecule has 0 unspecified atom stereocenters. The third-order valence-electron chi connectivity index (χ3n) is 1.94. The lowest BCUT2D eigenvalue weighted by Gasteiger charge is -2.00. The smallest absolute Gasteiger partial charge is 0.123 e. The van der Waals surface area contributed by atoms with Gasteiger partial charge in [-0.15, -0.1) is 11.8 Å². The van der Waals surface area contributed by atoms with E-state index < -0.39 is 0 Å². The first-order valence-corrected chi connectivity index (χ1v) is 5.60. The summed E-state index contributed by atoms with van der Waals surface area (Å²) in [5, 5.41) is 0. The number of pyridine rings is 1. The molecule has 2 rings (SSSR count). The summed E-state index contributed by atoms with van der Waals surface area (Å²) in [5.74, 6) is 0.667. The Morgan fingerprint density at radius 3 is 2.60 bits per heavy atom. The average molecular weight is 219 g/mol. The van der Waals surface area contributed by atoms with Crippen LogP contribution in [0.1, 0.15) is 5.56 Å². The molecule has 0 spiro atoms. The predicted octanol–water partition coefficient (Wildman–Crippen LogP) is 3.51. The zero-order valence-corrected chi connectivity index (χ0v) is 8.88. The molecule has 0 amide bonds. The molecule has 0 atom stereocenters. The first-order valence-electron chi connectivity index (χ1n) is 4.62. The molecule has 0 aliphatic heterocycles. The molecule has 0 aliphatic carbocycles. The van der Waals surface area contributed by atoms with Gasteiger partial charge in [-0.3, -0.25) is 4.98 Å². The van der Waals surface area contributed by atoms with Gasteiger partial charge >= 0.3 is 0 Å². The lowest BCUT2D eigenvalue weighted by atomic mass is 10.3. The van der Waals surface area contributed by atoms with E-state index in [4.69, 9.17) is 0 Å². The molecule has 2 aromatic rings. The van der Waals surface area contributed by atoms with Gasteiger partial charge in [0.25, 0.3) is 0 Å². The van der Waals surface area contributed by atoms with E-state index in [1.807, 2.05) is 18.3 Å². The Morgan fingerprint density at radius 1 is 1.13 bits per heavy atom. The van der Waals surface area contributed by atoms with Crippen molar-refractivity contribution in [2.45, 2.75) is 10.6 Å². The van der Waals surface area contributed by atoms with Crippen molar-refractivity contribution < 1.29 is 4.39 Å². The van der Waals surface area contributed by atoms with Gasteiger partial charge in [-0.2, -0.15) is 0 Å². The molecular formula is C12H10FNS. The summed E-state index contributed by atoms with van der Waals surface area (Å²) in [6.07, 6.45) is 3.60. The second-order valence-corrected chi connectivity index (χ2v) is 4.15. The first kappa shape index (κ1) is 10.2. The largest absolute Gasteiger partial charge is 0.264 e. The zero-order chi connectivity index (χ0) is 10.5. The minimum Gasteiger partial charge on any atom is -0.264 e. The third kappa shape index (κ3) is 3.06. The van der Waals surface area contributed by atoms with E-state index in [0.717, 1.165) is 10.6 Å². The molecule has 1 nitrogen and oxygen atoms in total. The first-order chi connectivity index (χ1) is 7.34. The van der Waals surface area contributed by atoms with Crippen molar-refractivity contribution in [1.29, 1.82) is 0 Å². The number of hydrogen-bond acceptors (Lipinski definition) is 2. The molecule has 0 fully saturated rings. The van der Waals surface area contributed by atoms with Gasteiger partial charge in [0.2, 0.25) is 0 Å². The summed E-state index contributed by atoms with van der Waals surface area (Å²) >= 11 is 1.68. The lowest BCUT2D eigenvalue weighted by Crippen LogP contribution is -1.81. The van der Waals surface area contributed by atoms with Crippen LogP contribution >= 0.6 is 11.8 Å². The molecule has 3 heteroatoms. The maximum atomic E-state index is 12.6. The van der Waals surface area contributed by atoms with Crippen LogP contribution in [0.2, 0.25) is 0 Å². The number of nitrogens with zero attached hydrogens (tertiary/aromatic N) is 1. The molecule has 0 N–H and O–H groups in total. The van der Waals surface area contributed by atoms with Crippen molar-refractivity contribution in [2.24, 2.45) is 0 Å². The van der Waals surface area contributed by atoms with Crippen LogP contribution in [0.25, 0.3) is 0 Å². The summed E-state index contributed by atoms with van der Waals surface area (Å²) in [6, 6.07) is 10.5.